The topological polar surface area (TPSA) is 80.3 Å². The van der Waals surface area contributed by atoms with Gasteiger partial charge in [0, 0.05) is 18.8 Å². The summed E-state index contributed by atoms with van der Waals surface area (Å²) in [5, 5.41) is 0. The van der Waals surface area contributed by atoms with E-state index in [0.29, 0.717) is 51.7 Å². The van der Waals surface area contributed by atoms with Crippen molar-refractivity contribution >= 4 is 12.1 Å². The van der Waals surface area contributed by atoms with Gasteiger partial charge in [-0.05, 0) is 44.4 Å². The molecule has 0 aromatic heterocycles. The minimum absolute atomic E-state index is 0.00560. The Kier molecular flexibility index (Phi) is 4.21. The highest BCUT2D eigenvalue weighted by molar-refractivity contribution is 5.77. The van der Waals surface area contributed by atoms with Gasteiger partial charge in [-0.3, -0.25) is 0 Å². The van der Waals surface area contributed by atoms with E-state index in [9.17, 15) is 18.4 Å². The van der Waals surface area contributed by atoms with Gasteiger partial charge in [0.05, 0.1) is 25.2 Å². The lowest BCUT2D eigenvalue weighted by Crippen LogP contribution is -2.69. The van der Waals surface area contributed by atoms with Gasteiger partial charge < -0.3 is 23.7 Å². The summed E-state index contributed by atoms with van der Waals surface area (Å²) in [6.45, 7) is 1.81. The number of hydrogen-bond acceptors (Lipinski definition) is 7. The van der Waals surface area contributed by atoms with E-state index in [1.54, 1.807) is 0 Å². The van der Waals surface area contributed by atoms with E-state index in [1.165, 1.54) is 0 Å². The molecule has 0 N–H and O–H groups in total. The predicted octanol–water partition coefficient (Wildman–Crippen LogP) is 3.05. The zero-order valence-corrected chi connectivity index (χ0v) is 16.4. The molecule has 2 aliphatic heterocycles. The van der Waals surface area contributed by atoms with Crippen LogP contribution >= 0.6 is 0 Å². The molecular formula is C20H26F2O7. The zero-order valence-electron chi connectivity index (χ0n) is 16.4. The Balaban J connectivity index is 1.32. The van der Waals surface area contributed by atoms with Crippen molar-refractivity contribution in [2.75, 3.05) is 26.4 Å². The van der Waals surface area contributed by atoms with E-state index in [-0.39, 0.29) is 25.0 Å². The summed E-state index contributed by atoms with van der Waals surface area (Å²) in [5.74, 6) is -5.40. The maximum Gasteiger partial charge on any atom is 0.508 e. The van der Waals surface area contributed by atoms with E-state index in [0.717, 1.165) is 12.8 Å². The normalized spacial score (nSPS) is 46.3. The first kappa shape index (κ1) is 19.5. The van der Waals surface area contributed by atoms with Crippen molar-refractivity contribution in [1.29, 1.82) is 0 Å². The molecule has 6 aliphatic rings. The van der Waals surface area contributed by atoms with Gasteiger partial charge in [-0.1, -0.05) is 0 Å². The fourth-order valence-corrected chi connectivity index (χ4v) is 6.26. The van der Waals surface area contributed by atoms with Crippen LogP contribution in [0.25, 0.3) is 0 Å². The number of carbonyl (C=O) groups is 2. The third kappa shape index (κ3) is 3.12. The molecule has 0 aromatic rings. The fourth-order valence-electron chi connectivity index (χ4n) is 6.26. The summed E-state index contributed by atoms with van der Waals surface area (Å²) in [6.07, 6.45) is 3.27. The van der Waals surface area contributed by atoms with Crippen molar-refractivity contribution in [1.82, 2.24) is 0 Å². The summed E-state index contributed by atoms with van der Waals surface area (Å²) in [4.78, 5) is 23.3. The van der Waals surface area contributed by atoms with Crippen LogP contribution in [0.1, 0.15) is 45.4 Å². The third-order valence-corrected chi connectivity index (χ3v) is 7.50. The van der Waals surface area contributed by atoms with Crippen LogP contribution < -0.4 is 0 Å². The van der Waals surface area contributed by atoms with Crippen LogP contribution in [0, 0.1) is 23.2 Å². The van der Waals surface area contributed by atoms with Gasteiger partial charge in [0.1, 0.15) is 12.2 Å². The molecule has 4 aliphatic carbocycles. The van der Waals surface area contributed by atoms with Crippen molar-refractivity contribution in [3.63, 3.8) is 0 Å². The number of ether oxygens (including phenoxy) is 5. The Labute approximate surface area is 167 Å². The van der Waals surface area contributed by atoms with E-state index in [1.807, 2.05) is 0 Å². The fraction of sp³-hybridized carbons (Fsp3) is 0.900. The molecule has 2 heterocycles. The molecular weight excluding hydrogens is 390 g/mol. The van der Waals surface area contributed by atoms with E-state index < -0.39 is 34.9 Å². The smallest absolute Gasteiger partial charge is 0.455 e. The molecule has 6 rings (SSSR count). The molecule has 6 fully saturated rings. The highest BCUT2D eigenvalue weighted by Gasteiger charge is 2.67. The van der Waals surface area contributed by atoms with E-state index in [2.05, 4.69) is 0 Å². The Morgan fingerprint density at radius 2 is 1.72 bits per heavy atom. The number of hydrogen-bond donors (Lipinski definition) is 0. The summed E-state index contributed by atoms with van der Waals surface area (Å²) >= 11 is 0. The molecule has 4 saturated carbocycles. The van der Waals surface area contributed by atoms with Crippen LogP contribution in [-0.4, -0.2) is 55.9 Å². The lowest BCUT2D eigenvalue weighted by molar-refractivity contribution is -0.395. The minimum atomic E-state index is -3.50. The van der Waals surface area contributed by atoms with Gasteiger partial charge in [0.25, 0.3) is 0 Å². The third-order valence-electron chi connectivity index (χ3n) is 7.50. The lowest BCUT2D eigenvalue weighted by atomic mass is 9.51. The maximum absolute atomic E-state index is 13.4. The summed E-state index contributed by atoms with van der Waals surface area (Å²) in [6, 6.07) is 0. The molecule has 2 unspecified atom stereocenters. The number of esters is 1. The molecule has 29 heavy (non-hydrogen) atoms. The summed E-state index contributed by atoms with van der Waals surface area (Å²) in [7, 11) is 0. The first-order chi connectivity index (χ1) is 13.6. The largest absolute Gasteiger partial charge is 0.508 e. The summed E-state index contributed by atoms with van der Waals surface area (Å²) in [5.41, 5.74) is -1.27. The Morgan fingerprint density at radius 3 is 2.34 bits per heavy atom. The molecule has 0 radical (unpaired) electrons. The minimum Gasteiger partial charge on any atom is -0.455 e. The van der Waals surface area contributed by atoms with Crippen LogP contribution in [0.15, 0.2) is 0 Å². The monoisotopic (exact) mass is 416 g/mol. The number of alkyl halides is 2. The molecule has 0 aromatic carbocycles. The van der Waals surface area contributed by atoms with Crippen molar-refractivity contribution in [2.24, 2.45) is 23.2 Å². The molecule has 0 amide bonds. The molecule has 4 bridgehead atoms. The van der Waals surface area contributed by atoms with Crippen LogP contribution in [0.5, 0.6) is 0 Å². The average Bonchev–Trinajstić information content (AvgIpc) is 2.82. The lowest BCUT2D eigenvalue weighted by Gasteiger charge is -2.65. The molecule has 7 nitrogen and oxygen atoms in total. The number of carbonyl (C=O) groups excluding carboxylic acids is 2. The second-order valence-corrected chi connectivity index (χ2v) is 9.74. The van der Waals surface area contributed by atoms with Gasteiger partial charge in [0.2, 0.25) is 0 Å². The van der Waals surface area contributed by atoms with Crippen LogP contribution in [0.4, 0.5) is 13.6 Å². The second-order valence-electron chi connectivity index (χ2n) is 9.74. The quantitative estimate of drug-likeness (QED) is 0.640. The van der Waals surface area contributed by atoms with Crippen molar-refractivity contribution in [3.8, 4) is 0 Å². The highest BCUT2D eigenvalue weighted by atomic mass is 19.3. The Morgan fingerprint density at radius 1 is 1.07 bits per heavy atom. The maximum atomic E-state index is 13.4. The Hall–Kier alpha value is -1.48. The summed E-state index contributed by atoms with van der Waals surface area (Å²) < 4.78 is 55.2. The van der Waals surface area contributed by atoms with Gasteiger partial charge in [-0.25, -0.2) is 9.59 Å². The first-order valence-electron chi connectivity index (χ1n) is 10.3. The predicted molar refractivity (Wildman–Crippen MR) is 92.0 cm³/mol. The van der Waals surface area contributed by atoms with Crippen molar-refractivity contribution in [3.05, 3.63) is 0 Å². The molecule has 2 saturated heterocycles. The van der Waals surface area contributed by atoms with Crippen LogP contribution in [0.2, 0.25) is 0 Å². The molecule has 9 heteroatoms. The van der Waals surface area contributed by atoms with Crippen molar-refractivity contribution < 1.29 is 42.1 Å². The van der Waals surface area contributed by atoms with Gasteiger partial charge >= 0.3 is 18.0 Å². The van der Waals surface area contributed by atoms with Gasteiger partial charge in [-0.15, -0.1) is 0 Å². The van der Waals surface area contributed by atoms with Crippen molar-refractivity contribution in [2.45, 2.75) is 62.8 Å². The average molecular weight is 416 g/mol. The van der Waals surface area contributed by atoms with Crippen LogP contribution in [0.3, 0.4) is 0 Å². The Bertz CT molecular complexity index is 692. The van der Waals surface area contributed by atoms with E-state index in [4.69, 9.17) is 23.7 Å². The number of rotatable bonds is 2. The highest BCUT2D eigenvalue weighted by Crippen LogP contribution is 2.64. The first-order valence-corrected chi connectivity index (χ1v) is 10.3. The molecule has 162 valence electrons. The molecule has 2 spiro atoms. The van der Waals surface area contributed by atoms with Gasteiger partial charge in [-0.2, -0.15) is 8.78 Å². The zero-order chi connectivity index (χ0) is 20.5. The number of cyclic esters (lactones) is 2. The van der Waals surface area contributed by atoms with Gasteiger partial charge in [0.15, 0.2) is 5.79 Å². The standard InChI is InChI=1S/C20H26F2O7/c1-17(21,22)15(23)29-19-6-12-4-13(7-19)20(14(5-12)8-19)27-10-18(11-28-20)2-3-25-16(24)26-9-18/h12-14H,2-11H2,1H3. The second kappa shape index (κ2) is 6.26. The number of halogens is 2. The SMILES string of the molecule is CC(F)(F)C(=O)OC12CC3CC(C1)C1(OCC4(CCOC(=O)OC4)CO1)C(C3)C2. The van der Waals surface area contributed by atoms with E-state index >= 15 is 0 Å². The van der Waals surface area contributed by atoms with Crippen LogP contribution in [-0.2, 0) is 28.5 Å². The molecule has 2 atom stereocenters.